The van der Waals surface area contributed by atoms with Crippen LogP contribution in [0.4, 0.5) is 5.69 Å². The lowest BCUT2D eigenvalue weighted by molar-refractivity contribution is 0.00973. The Morgan fingerprint density at radius 1 is 1.33 bits per heavy atom. The molecule has 0 atom stereocenters. The van der Waals surface area contributed by atoms with Gasteiger partial charge in [-0.15, -0.1) is 0 Å². The number of aryl methyl sites for hydroxylation is 1. The van der Waals surface area contributed by atoms with Crippen LogP contribution >= 0.6 is 0 Å². The highest BCUT2D eigenvalue weighted by Gasteiger charge is 2.26. The molecule has 1 heterocycles. The van der Waals surface area contributed by atoms with Gasteiger partial charge in [0, 0.05) is 18.4 Å². The van der Waals surface area contributed by atoms with Crippen LogP contribution in [0.3, 0.4) is 0 Å². The fraction of sp³-hybridized carbons (Fsp3) is 0.385. The second-order valence-electron chi connectivity index (χ2n) is 4.71. The summed E-state index contributed by atoms with van der Waals surface area (Å²) in [4.78, 5) is 4.37. The molecule has 0 aliphatic rings. The van der Waals surface area contributed by atoms with Gasteiger partial charge in [-0.25, -0.2) is 0 Å². The molecule has 0 aliphatic carbocycles. The number of hydrogen-bond acceptors (Lipinski definition) is 5. The Kier molecular flexibility index (Phi) is 3.09. The van der Waals surface area contributed by atoms with Crippen LogP contribution in [0.2, 0.25) is 0 Å². The van der Waals surface area contributed by atoms with Gasteiger partial charge in [0.05, 0.1) is 0 Å². The first kappa shape index (κ1) is 12.6. The molecule has 0 radical (unpaired) electrons. The highest BCUT2D eigenvalue weighted by Crippen LogP contribution is 2.27. The summed E-state index contributed by atoms with van der Waals surface area (Å²) in [5, 5.41) is 3.96. The van der Waals surface area contributed by atoms with Gasteiger partial charge >= 0.3 is 0 Å². The van der Waals surface area contributed by atoms with Crippen LogP contribution in [0.1, 0.15) is 25.2 Å². The van der Waals surface area contributed by atoms with Crippen LogP contribution in [-0.2, 0) is 10.3 Å². The minimum Gasteiger partial charge on any atom is -0.399 e. The van der Waals surface area contributed by atoms with Crippen molar-refractivity contribution in [2.24, 2.45) is 0 Å². The van der Waals surface area contributed by atoms with E-state index >= 15 is 0 Å². The number of ether oxygens (including phenoxy) is 1. The number of benzene rings is 1. The van der Waals surface area contributed by atoms with Crippen LogP contribution in [0, 0.1) is 6.92 Å². The lowest BCUT2D eigenvalue weighted by Gasteiger charge is -2.17. The monoisotopic (exact) mass is 247 g/mol. The molecule has 5 heteroatoms. The van der Waals surface area contributed by atoms with Crippen molar-refractivity contribution in [2.45, 2.75) is 26.4 Å². The van der Waals surface area contributed by atoms with Gasteiger partial charge in [-0.2, -0.15) is 4.98 Å². The number of aromatic nitrogens is 2. The molecule has 2 N–H and O–H groups in total. The van der Waals surface area contributed by atoms with Crippen LogP contribution in [-0.4, -0.2) is 17.3 Å². The predicted molar refractivity (Wildman–Crippen MR) is 68.9 cm³/mol. The zero-order valence-electron chi connectivity index (χ0n) is 11.0. The molecule has 96 valence electrons. The molecule has 2 aromatic rings. The van der Waals surface area contributed by atoms with Crippen LogP contribution < -0.4 is 5.73 Å². The Labute approximate surface area is 106 Å². The van der Waals surface area contributed by atoms with Crippen molar-refractivity contribution in [2.75, 3.05) is 12.8 Å². The summed E-state index contributed by atoms with van der Waals surface area (Å²) in [5.41, 5.74) is 7.75. The van der Waals surface area contributed by atoms with E-state index in [4.69, 9.17) is 15.0 Å². The second kappa shape index (κ2) is 4.42. The fourth-order valence-electron chi connectivity index (χ4n) is 1.60. The molecule has 1 aromatic carbocycles. The van der Waals surface area contributed by atoms with E-state index in [1.807, 2.05) is 39.0 Å². The molecule has 0 saturated carbocycles. The third kappa shape index (κ3) is 2.22. The summed E-state index contributed by atoms with van der Waals surface area (Å²) in [6.45, 7) is 5.73. The minimum atomic E-state index is -0.566. The predicted octanol–water partition coefficient (Wildman–Crippen LogP) is 2.51. The summed E-state index contributed by atoms with van der Waals surface area (Å²) in [7, 11) is 1.62. The summed E-state index contributed by atoms with van der Waals surface area (Å²) >= 11 is 0. The standard InChI is InChI=1S/C13H17N3O2/c1-8-7-9(14)5-6-10(8)11-15-12(16-18-11)13(2,3)17-4/h5-7H,14H2,1-4H3. The quantitative estimate of drug-likeness (QED) is 0.843. The lowest BCUT2D eigenvalue weighted by Crippen LogP contribution is -2.21. The average Bonchev–Trinajstić information content (AvgIpc) is 2.79. The van der Waals surface area contributed by atoms with Gasteiger partial charge in [0.15, 0.2) is 0 Å². The highest BCUT2D eigenvalue weighted by atomic mass is 16.5. The molecule has 0 aliphatic heterocycles. The Morgan fingerprint density at radius 3 is 2.67 bits per heavy atom. The zero-order valence-corrected chi connectivity index (χ0v) is 11.0. The van der Waals surface area contributed by atoms with Crippen LogP contribution in [0.25, 0.3) is 11.5 Å². The first-order valence-electron chi connectivity index (χ1n) is 5.70. The van der Waals surface area contributed by atoms with Crippen molar-refractivity contribution in [3.05, 3.63) is 29.6 Å². The Hall–Kier alpha value is -1.88. The smallest absolute Gasteiger partial charge is 0.258 e. The van der Waals surface area contributed by atoms with Gasteiger partial charge in [0.25, 0.3) is 5.89 Å². The van der Waals surface area contributed by atoms with E-state index in [9.17, 15) is 0 Å². The Bertz CT molecular complexity index is 561. The van der Waals surface area contributed by atoms with E-state index < -0.39 is 5.60 Å². The Balaban J connectivity index is 2.41. The van der Waals surface area contributed by atoms with Crippen molar-refractivity contribution < 1.29 is 9.26 Å². The normalized spacial score (nSPS) is 11.8. The van der Waals surface area contributed by atoms with Gasteiger partial charge in [0.2, 0.25) is 5.82 Å². The molecule has 0 fully saturated rings. The first-order valence-corrected chi connectivity index (χ1v) is 5.70. The number of nitrogen functional groups attached to an aromatic ring is 1. The third-order valence-corrected chi connectivity index (χ3v) is 2.96. The maximum absolute atomic E-state index is 5.71. The third-order valence-electron chi connectivity index (χ3n) is 2.96. The summed E-state index contributed by atoms with van der Waals surface area (Å²) in [6, 6.07) is 5.57. The number of hydrogen-bond donors (Lipinski definition) is 1. The maximum atomic E-state index is 5.71. The molecule has 18 heavy (non-hydrogen) atoms. The number of anilines is 1. The molecule has 0 amide bonds. The van der Waals surface area contributed by atoms with Gasteiger partial charge in [-0.3, -0.25) is 0 Å². The molecular formula is C13H17N3O2. The molecule has 0 saturated heterocycles. The molecule has 0 unspecified atom stereocenters. The largest absolute Gasteiger partial charge is 0.399 e. The van der Waals surface area contributed by atoms with E-state index in [1.54, 1.807) is 7.11 Å². The van der Waals surface area contributed by atoms with E-state index in [0.29, 0.717) is 17.4 Å². The summed E-state index contributed by atoms with van der Waals surface area (Å²) in [6.07, 6.45) is 0. The molecule has 2 rings (SSSR count). The number of nitrogens with zero attached hydrogens (tertiary/aromatic N) is 2. The lowest BCUT2D eigenvalue weighted by atomic mass is 10.1. The van der Waals surface area contributed by atoms with Crippen LogP contribution in [0.15, 0.2) is 22.7 Å². The van der Waals surface area contributed by atoms with Crippen molar-refractivity contribution in [3.8, 4) is 11.5 Å². The minimum absolute atomic E-state index is 0.479. The van der Waals surface area contributed by atoms with E-state index in [2.05, 4.69) is 10.1 Å². The van der Waals surface area contributed by atoms with Crippen molar-refractivity contribution in [1.29, 1.82) is 0 Å². The van der Waals surface area contributed by atoms with E-state index in [-0.39, 0.29) is 0 Å². The first-order chi connectivity index (χ1) is 8.44. The number of rotatable bonds is 3. The number of methoxy groups -OCH3 is 1. The molecule has 5 nitrogen and oxygen atoms in total. The average molecular weight is 247 g/mol. The SMILES string of the molecule is COC(C)(C)c1noc(-c2ccc(N)cc2C)n1. The highest BCUT2D eigenvalue weighted by molar-refractivity contribution is 5.62. The molecule has 0 bridgehead atoms. The topological polar surface area (TPSA) is 74.2 Å². The van der Waals surface area contributed by atoms with Gasteiger partial charge in [-0.05, 0) is 44.5 Å². The van der Waals surface area contributed by atoms with Crippen molar-refractivity contribution in [3.63, 3.8) is 0 Å². The van der Waals surface area contributed by atoms with E-state index in [1.165, 1.54) is 0 Å². The van der Waals surface area contributed by atoms with E-state index in [0.717, 1.165) is 11.1 Å². The molecular weight excluding hydrogens is 230 g/mol. The van der Waals surface area contributed by atoms with Gasteiger partial charge in [0.1, 0.15) is 5.60 Å². The van der Waals surface area contributed by atoms with Crippen LogP contribution in [0.5, 0.6) is 0 Å². The van der Waals surface area contributed by atoms with Gasteiger partial charge < -0.3 is 15.0 Å². The Morgan fingerprint density at radius 2 is 2.06 bits per heavy atom. The molecule has 0 spiro atoms. The van der Waals surface area contributed by atoms with Crippen molar-refractivity contribution >= 4 is 5.69 Å². The maximum Gasteiger partial charge on any atom is 0.258 e. The fourth-order valence-corrected chi connectivity index (χ4v) is 1.60. The molecule has 1 aromatic heterocycles. The van der Waals surface area contributed by atoms with Crippen molar-refractivity contribution in [1.82, 2.24) is 10.1 Å². The number of nitrogens with two attached hydrogens (primary N) is 1. The summed E-state index contributed by atoms with van der Waals surface area (Å²) in [5.74, 6) is 1.00. The summed E-state index contributed by atoms with van der Waals surface area (Å²) < 4.78 is 10.6. The second-order valence-corrected chi connectivity index (χ2v) is 4.71. The zero-order chi connectivity index (χ0) is 13.3. The van der Waals surface area contributed by atoms with Gasteiger partial charge in [-0.1, -0.05) is 5.16 Å².